The lowest BCUT2D eigenvalue weighted by molar-refractivity contribution is 1.27. The van der Waals surface area contributed by atoms with Crippen molar-refractivity contribution in [3.05, 3.63) is 52.9 Å². The Morgan fingerprint density at radius 3 is 2.67 bits per heavy atom. The molecular formula is C13H7N5. The van der Waals surface area contributed by atoms with Gasteiger partial charge in [0.25, 0.3) is 0 Å². The van der Waals surface area contributed by atoms with Crippen molar-refractivity contribution in [3.8, 4) is 0 Å². The fraction of sp³-hybridized carbons (Fsp3) is 0. The molecule has 1 aromatic heterocycles. The van der Waals surface area contributed by atoms with E-state index in [4.69, 9.17) is 0 Å². The molecule has 0 saturated carbocycles. The third kappa shape index (κ3) is 1.24. The van der Waals surface area contributed by atoms with Gasteiger partial charge >= 0.3 is 0 Å². The van der Waals surface area contributed by atoms with Crippen molar-refractivity contribution in [1.29, 1.82) is 0 Å². The average molecular weight is 233 g/mol. The Labute approximate surface area is 102 Å². The molecule has 0 fully saturated rings. The van der Waals surface area contributed by atoms with Gasteiger partial charge < -0.3 is 0 Å². The Bertz CT molecular complexity index is 818. The largest absolute Gasteiger partial charge is 0.253 e. The molecule has 0 bridgehead atoms. The summed E-state index contributed by atoms with van der Waals surface area (Å²) in [5.41, 5.74) is 2.34. The summed E-state index contributed by atoms with van der Waals surface area (Å²) in [5.74, 6) is 0.626. The highest BCUT2D eigenvalue weighted by Crippen LogP contribution is 2.24. The lowest BCUT2D eigenvalue weighted by atomic mass is 10.2. The molecule has 5 heteroatoms. The van der Waals surface area contributed by atoms with Crippen LogP contribution in [-0.4, -0.2) is 17.2 Å². The van der Waals surface area contributed by atoms with E-state index in [1.807, 2.05) is 30.3 Å². The van der Waals surface area contributed by atoms with Gasteiger partial charge in [0.2, 0.25) is 0 Å². The molecular weight excluding hydrogens is 226 g/mol. The van der Waals surface area contributed by atoms with E-state index in [-0.39, 0.29) is 0 Å². The molecule has 18 heavy (non-hydrogen) atoms. The molecule has 5 nitrogen and oxygen atoms in total. The van der Waals surface area contributed by atoms with E-state index in [1.54, 1.807) is 12.5 Å². The summed E-state index contributed by atoms with van der Waals surface area (Å²) in [6.45, 7) is 0. The van der Waals surface area contributed by atoms with Crippen molar-refractivity contribution < 1.29 is 0 Å². The predicted molar refractivity (Wildman–Crippen MR) is 67.3 cm³/mol. The Morgan fingerprint density at radius 1 is 0.833 bits per heavy atom. The first-order valence-corrected chi connectivity index (χ1v) is 5.54. The number of hydrogen-bond donors (Lipinski definition) is 0. The van der Waals surface area contributed by atoms with Crippen LogP contribution in [0.25, 0.3) is 0 Å². The van der Waals surface area contributed by atoms with Gasteiger partial charge in [-0.3, -0.25) is 4.98 Å². The number of aliphatic imine (C=N–C) groups is 2. The van der Waals surface area contributed by atoms with Crippen LogP contribution in [0.1, 0.15) is 5.69 Å². The lowest BCUT2D eigenvalue weighted by Gasteiger charge is -1.94. The zero-order valence-corrected chi connectivity index (χ0v) is 9.28. The van der Waals surface area contributed by atoms with E-state index in [1.165, 1.54) is 0 Å². The number of hydrogen-bond acceptors (Lipinski definition) is 5. The molecule has 3 heterocycles. The third-order valence-electron chi connectivity index (χ3n) is 2.83. The Hall–Kier alpha value is -2.69. The van der Waals surface area contributed by atoms with Crippen LogP contribution in [-0.2, 0) is 0 Å². The van der Waals surface area contributed by atoms with Crippen molar-refractivity contribution in [3.63, 3.8) is 0 Å². The average Bonchev–Trinajstić information content (AvgIpc) is 3.05. The minimum Gasteiger partial charge on any atom is -0.253 e. The van der Waals surface area contributed by atoms with Crippen molar-refractivity contribution in [1.82, 2.24) is 4.98 Å². The maximum Gasteiger partial charge on any atom is 0.179 e. The maximum absolute atomic E-state index is 4.51. The predicted octanol–water partition coefficient (Wildman–Crippen LogP) is 1.09. The van der Waals surface area contributed by atoms with E-state index in [0.717, 1.165) is 27.8 Å². The minimum atomic E-state index is 0.626. The number of rotatable bonds is 1. The van der Waals surface area contributed by atoms with E-state index in [9.17, 15) is 0 Å². The summed E-state index contributed by atoms with van der Waals surface area (Å²) in [7, 11) is 0. The summed E-state index contributed by atoms with van der Waals surface area (Å²) < 4.78 is 0. The molecule has 2 aromatic rings. The number of pyridine rings is 1. The molecule has 4 rings (SSSR count). The summed E-state index contributed by atoms with van der Waals surface area (Å²) in [6.07, 6.45) is 3.27. The van der Waals surface area contributed by atoms with E-state index in [0.29, 0.717) is 5.84 Å². The van der Waals surface area contributed by atoms with Gasteiger partial charge in [0.05, 0.1) is 10.7 Å². The monoisotopic (exact) mass is 233 g/mol. The van der Waals surface area contributed by atoms with Crippen molar-refractivity contribution >= 4 is 23.5 Å². The van der Waals surface area contributed by atoms with Gasteiger partial charge in [-0.1, -0.05) is 6.07 Å². The van der Waals surface area contributed by atoms with Crippen LogP contribution in [0.15, 0.2) is 56.5 Å². The third-order valence-corrected chi connectivity index (χ3v) is 2.83. The lowest BCUT2D eigenvalue weighted by Crippen LogP contribution is -2.07. The molecule has 2 aliphatic heterocycles. The molecule has 0 aliphatic carbocycles. The molecule has 2 aliphatic rings. The van der Waals surface area contributed by atoms with Crippen LogP contribution < -0.4 is 10.7 Å². The van der Waals surface area contributed by atoms with Crippen LogP contribution >= 0.6 is 0 Å². The fourth-order valence-corrected chi connectivity index (χ4v) is 1.99. The quantitative estimate of drug-likeness (QED) is 0.727. The van der Waals surface area contributed by atoms with Gasteiger partial charge in [-0.2, -0.15) is 0 Å². The van der Waals surface area contributed by atoms with Crippen LogP contribution in [0.4, 0.5) is 11.4 Å². The van der Waals surface area contributed by atoms with Gasteiger partial charge in [-0.15, -0.1) is 0 Å². The molecule has 0 atom stereocenters. The molecule has 0 N–H and O–H groups in total. The smallest absolute Gasteiger partial charge is 0.179 e. The first-order valence-electron chi connectivity index (χ1n) is 5.54. The number of amidine groups is 1. The van der Waals surface area contributed by atoms with Crippen LogP contribution in [0, 0.1) is 0 Å². The fourth-order valence-electron chi connectivity index (χ4n) is 1.99. The highest BCUT2D eigenvalue weighted by atomic mass is 15.0. The summed E-state index contributed by atoms with van der Waals surface area (Å²) in [6, 6.07) is 9.49. The second-order valence-electron chi connectivity index (χ2n) is 3.94. The molecule has 0 radical (unpaired) electrons. The Kier molecular flexibility index (Phi) is 1.77. The second-order valence-corrected chi connectivity index (χ2v) is 3.94. The van der Waals surface area contributed by atoms with Gasteiger partial charge in [0, 0.05) is 6.20 Å². The van der Waals surface area contributed by atoms with Gasteiger partial charge in [0.1, 0.15) is 23.4 Å². The number of aromatic nitrogens is 1. The van der Waals surface area contributed by atoms with Crippen molar-refractivity contribution in [2.75, 3.05) is 0 Å². The molecule has 1 aromatic carbocycles. The van der Waals surface area contributed by atoms with Gasteiger partial charge in [0.15, 0.2) is 5.84 Å². The number of nitrogens with zero attached hydrogens (tertiary/aromatic N) is 5. The normalized spacial score (nSPS) is 14.6. The highest BCUT2D eigenvalue weighted by molar-refractivity contribution is 6.02. The first kappa shape index (κ1) is 9.35. The van der Waals surface area contributed by atoms with Crippen LogP contribution in [0.3, 0.4) is 0 Å². The first-order chi connectivity index (χ1) is 8.92. The SMILES string of the molecule is C1=Nc2c3c(ccc2=N1)=NC(c1ccccn1)=N3. The highest BCUT2D eigenvalue weighted by Gasteiger charge is 2.16. The summed E-state index contributed by atoms with van der Waals surface area (Å²) >= 11 is 0. The van der Waals surface area contributed by atoms with Crippen molar-refractivity contribution in [2.24, 2.45) is 20.0 Å². The molecule has 84 valence electrons. The molecule has 0 unspecified atom stereocenters. The van der Waals surface area contributed by atoms with E-state index >= 15 is 0 Å². The number of fused-ring (bicyclic) bond motifs is 3. The molecule has 0 spiro atoms. The van der Waals surface area contributed by atoms with E-state index < -0.39 is 0 Å². The Balaban J connectivity index is 1.95. The zero-order chi connectivity index (χ0) is 11.9. The van der Waals surface area contributed by atoms with Gasteiger partial charge in [-0.25, -0.2) is 20.0 Å². The second kappa shape index (κ2) is 3.40. The Morgan fingerprint density at radius 2 is 1.78 bits per heavy atom. The van der Waals surface area contributed by atoms with E-state index in [2.05, 4.69) is 25.0 Å². The standard InChI is InChI=1S/C13H7N5/c1-2-6-14-10(3-1)13-17-9-5-4-8-11(12(9)18-13)16-7-15-8/h1-7H. The number of benzene rings is 1. The molecule has 0 amide bonds. The topological polar surface area (TPSA) is 62.3 Å². The van der Waals surface area contributed by atoms with Crippen molar-refractivity contribution in [2.45, 2.75) is 0 Å². The van der Waals surface area contributed by atoms with Gasteiger partial charge in [-0.05, 0) is 24.3 Å². The zero-order valence-electron chi connectivity index (χ0n) is 9.28. The minimum absolute atomic E-state index is 0.626. The maximum atomic E-state index is 4.51. The summed E-state index contributed by atoms with van der Waals surface area (Å²) in [4.78, 5) is 21.6. The van der Waals surface area contributed by atoms with Crippen LogP contribution in [0.2, 0.25) is 0 Å². The molecule has 0 saturated heterocycles. The summed E-state index contributed by atoms with van der Waals surface area (Å²) in [5, 5.41) is 1.67. The van der Waals surface area contributed by atoms with Crippen LogP contribution in [0.5, 0.6) is 0 Å².